The quantitative estimate of drug-likeness (QED) is 0.0675. The molecule has 0 saturated carbocycles. The SMILES string of the molecule is CCOCC(C)OS(=O)(=O)c1ccc2c(Oc3c(F)c(F)c([N+](=O)[O-])c(F)c3F)cc(S(=O)(=O)OC(C)COCC)cc2c1. The van der Waals surface area contributed by atoms with Gasteiger partial charge in [0.1, 0.15) is 5.75 Å². The normalized spacial score (nSPS) is 13.6. The molecule has 0 radical (unpaired) electrons. The molecule has 3 aromatic carbocycles. The van der Waals surface area contributed by atoms with E-state index in [1.807, 2.05) is 0 Å². The van der Waals surface area contributed by atoms with Gasteiger partial charge in [-0.15, -0.1) is 0 Å². The van der Waals surface area contributed by atoms with Crippen LogP contribution in [0.5, 0.6) is 11.5 Å². The summed E-state index contributed by atoms with van der Waals surface area (Å²) in [4.78, 5) is 8.07. The van der Waals surface area contributed by atoms with Crippen LogP contribution < -0.4 is 4.74 Å². The second kappa shape index (κ2) is 14.1. The van der Waals surface area contributed by atoms with Crippen LogP contribution in [-0.2, 0) is 38.1 Å². The van der Waals surface area contributed by atoms with Crippen molar-refractivity contribution < 1.29 is 61.9 Å². The minimum atomic E-state index is -4.71. The lowest BCUT2D eigenvalue weighted by atomic mass is 10.1. The van der Waals surface area contributed by atoms with Crippen LogP contribution in [-0.4, -0.2) is 60.4 Å². The van der Waals surface area contributed by atoms with Crippen LogP contribution in [0, 0.1) is 33.4 Å². The summed E-state index contributed by atoms with van der Waals surface area (Å²) in [5.74, 6) is -11.8. The van der Waals surface area contributed by atoms with Crippen molar-refractivity contribution in [2.75, 3.05) is 26.4 Å². The fraction of sp³-hybridized carbons (Fsp3) is 0.385. The molecule has 0 aliphatic carbocycles. The van der Waals surface area contributed by atoms with Crippen LogP contribution in [0.1, 0.15) is 27.7 Å². The Morgan fingerprint density at radius 3 is 1.73 bits per heavy atom. The summed E-state index contributed by atoms with van der Waals surface area (Å²) in [5, 5.41) is 10.5. The molecule has 0 spiro atoms. The van der Waals surface area contributed by atoms with E-state index in [1.54, 1.807) is 13.8 Å². The second-order valence-electron chi connectivity index (χ2n) is 9.14. The number of halogens is 4. The summed E-state index contributed by atoms with van der Waals surface area (Å²) in [6.45, 7) is 6.45. The number of hydrogen-bond donors (Lipinski definition) is 0. The van der Waals surface area contributed by atoms with E-state index in [1.165, 1.54) is 13.8 Å². The molecule has 0 heterocycles. The molecular formula is C26H27F4NO11S2. The van der Waals surface area contributed by atoms with E-state index in [9.17, 15) is 44.5 Å². The zero-order valence-corrected chi connectivity index (χ0v) is 25.3. The zero-order valence-electron chi connectivity index (χ0n) is 23.6. The first-order valence-electron chi connectivity index (χ1n) is 12.8. The number of nitro benzene ring substituents is 1. The molecule has 2 atom stereocenters. The Morgan fingerprint density at radius 1 is 0.773 bits per heavy atom. The molecule has 2 unspecified atom stereocenters. The number of nitrogens with zero attached hydrogens (tertiary/aromatic N) is 1. The topological polar surface area (TPSA) is 158 Å². The fourth-order valence-electron chi connectivity index (χ4n) is 3.80. The molecule has 0 amide bonds. The smallest absolute Gasteiger partial charge is 0.346 e. The van der Waals surface area contributed by atoms with Crippen LogP contribution in [0.25, 0.3) is 10.8 Å². The molecule has 242 valence electrons. The van der Waals surface area contributed by atoms with Crippen molar-refractivity contribution in [3.63, 3.8) is 0 Å². The van der Waals surface area contributed by atoms with Crippen LogP contribution in [0.2, 0.25) is 0 Å². The maximum Gasteiger partial charge on any atom is 0.346 e. The van der Waals surface area contributed by atoms with Gasteiger partial charge in [0.2, 0.25) is 29.0 Å². The zero-order chi connectivity index (χ0) is 33.0. The van der Waals surface area contributed by atoms with Gasteiger partial charge in [0.25, 0.3) is 20.2 Å². The molecule has 0 N–H and O–H groups in total. The van der Waals surface area contributed by atoms with E-state index in [4.69, 9.17) is 22.6 Å². The lowest BCUT2D eigenvalue weighted by Crippen LogP contribution is -2.21. The van der Waals surface area contributed by atoms with Crippen LogP contribution in [0.3, 0.4) is 0 Å². The second-order valence-corrected chi connectivity index (χ2v) is 12.3. The van der Waals surface area contributed by atoms with E-state index < -0.39 is 87.6 Å². The Kier molecular flexibility index (Phi) is 11.3. The minimum Gasteiger partial charge on any atom is -0.450 e. The molecule has 0 saturated heterocycles. The molecule has 0 bridgehead atoms. The van der Waals surface area contributed by atoms with Gasteiger partial charge in [0.15, 0.2) is 0 Å². The lowest BCUT2D eigenvalue weighted by molar-refractivity contribution is -0.390. The number of nitro groups is 1. The number of fused-ring (bicyclic) bond motifs is 1. The average molecular weight is 670 g/mol. The summed E-state index contributed by atoms with van der Waals surface area (Å²) >= 11 is 0. The highest BCUT2D eigenvalue weighted by Gasteiger charge is 2.35. The van der Waals surface area contributed by atoms with E-state index in [-0.39, 0.29) is 30.6 Å². The fourth-order valence-corrected chi connectivity index (χ4v) is 6.02. The highest BCUT2D eigenvalue weighted by atomic mass is 32.2. The molecule has 3 aromatic rings. The Labute approximate surface area is 249 Å². The van der Waals surface area contributed by atoms with Gasteiger partial charge in [-0.2, -0.15) is 34.4 Å². The maximum atomic E-state index is 14.7. The summed E-state index contributed by atoms with van der Waals surface area (Å²) in [7, 11) is -9.18. The summed E-state index contributed by atoms with van der Waals surface area (Å²) in [5.41, 5.74) is -2.11. The third-order valence-electron chi connectivity index (χ3n) is 5.73. The predicted octanol–water partition coefficient (Wildman–Crippen LogP) is 5.36. The van der Waals surface area contributed by atoms with Crippen molar-refractivity contribution in [2.24, 2.45) is 0 Å². The first-order chi connectivity index (χ1) is 20.5. The first kappa shape index (κ1) is 35.1. The molecule has 0 aliphatic heterocycles. The van der Waals surface area contributed by atoms with Crippen molar-refractivity contribution in [1.29, 1.82) is 0 Å². The van der Waals surface area contributed by atoms with Crippen LogP contribution in [0.4, 0.5) is 23.2 Å². The third kappa shape index (κ3) is 7.80. The predicted molar refractivity (Wildman–Crippen MR) is 145 cm³/mol. The van der Waals surface area contributed by atoms with Gasteiger partial charge in [-0.25, -0.2) is 0 Å². The molecule has 18 heteroatoms. The van der Waals surface area contributed by atoms with Gasteiger partial charge in [-0.3, -0.25) is 18.5 Å². The van der Waals surface area contributed by atoms with Crippen molar-refractivity contribution in [3.8, 4) is 11.5 Å². The van der Waals surface area contributed by atoms with Gasteiger partial charge in [-0.1, -0.05) is 0 Å². The van der Waals surface area contributed by atoms with Crippen molar-refractivity contribution in [3.05, 3.63) is 63.7 Å². The van der Waals surface area contributed by atoms with Crippen LogP contribution in [0.15, 0.2) is 40.1 Å². The first-order valence-corrected chi connectivity index (χ1v) is 15.6. The van der Waals surface area contributed by atoms with Gasteiger partial charge >= 0.3 is 5.69 Å². The Balaban J connectivity index is 2.22. The largest absolute Gasteiger partial charge is 0.450 e. The Hall–Kier alpha value is -3.42. The number of rotatable bonds is 15. The summed E-state index contributed by atoms with van der Waals surface area (Å²) in [6.07, 6.45) is -1.95. The van der Waals surface area contributed by atoms with Gasteiger partial charge in [0, 0.05) is 24.7 Å². The van der Waals surface area contributed by atoms with E-state index in [0.29, 0.717) is 12.7 Å². The Bertz CT molecular complexity index is 1740. The van der Waals surface area contributed by atoms with Crippen molar-refractivity contribution in [2.45, 2.75) is 49.7 Å². The third-order valence-corrected chi connectivity index (χ3v) is 8.53. The van der Waals surface area contributed by atoms with E-state index in [0.717, 1.165) is 24.3 Å². The van der Waals surface area contributed by atoms with E-state index in [2.05, 4.69) is 0 Å². The van der Waals surface area contributed by atoms with E-state index >= 15 is 0 Å². The molecule has 3 rings (SSSR count). The number of ether oxygens (including phenoxy) is 3. The molecule has 0 fully saturated rings. The molecule has 0 aliphatic rings. The summed E-state index contributed by atoms with van der Waals surface area (Å²) in [6, 6.07) is 4.66. The highest BCUT2D eigenvalue weighted by Crippen LogP contribution is 2.40. The highest BCUT2D eigenvalue weighted by molar-refractivity contribution is 7.87. The molecule has 12 nitrogen and oxygen atoms in total. The van der Waals surface area contributed by atoms with Gasteiger partial charge in [0.05, 0.1) is 40.1 Å². The monoisotopic (exact) mass is 669 g/mol. The minimum absolute atomic E-state index is 0.0690. The lowest BCUT2D eigenvalue weighted by Gasteiger charge is -2.17. The number of hydrogen-bond acceptors (Lipinski definition) is 11. The average Bonchev–Trinajstić information content (AvgIpc) is 2.95. The number of benzene rings is 3. The molecule has 44 heavy (non-hydrogen) atoms. The maximum absolute atomic E-state index is 14.7. The van der Waals surface area contributed by atoms with Crippen molar-refractivity contribution in [1.82, 2.24) is 0 Å². The summed E-state index contributed by atoms with van der Waals surface area (Å²) < 4.78 is 136. The molecular weight excluding hydrogens is 642 g/mol. The molecule has 0 aromatic heterocycles. The van der Waals surface area contributed by atoms with Crippen LogP contribution >= 0.6 is 0 Å². The van der Waals surface area contributed by atoms with Crippen molar-refractivity contribution >= 4 is 36.7 Å². The standard InChI is InChI=1S/C26H27F4NO11S2/c1-5-38-12-14(3)41-43(34,35)17-7-8-19-16(9-17)10-18(44(36,37)42-15(4)13-39-6-2)11-20(19)40-26-23(29)21(27)25(31(32)33)22(28)24(26)30/h7-11,14-15H,5-6,12-13H2,1-4H3. The van der Waals surface area contributed by atoms with Gasteiger partial charge in [-0.05, 0) is 57.3 Å². The van der Waals surface area contributed by atoms with Gasteiger partial charge < -0.3 is 14.2 Å². The Morgan fingerprint density at radius 2 is 1.25 bits per heavy atom.